The van der Waals surface area contributed by atoms with E-state index in [0.717, 1.165) is 25.7 Å². The molecule has 2 bridgehead atoms. The lowest BCUT2D eigenvalue weighted by Gasteiger charge is -2.38. The highest BCUT2D eigenvalue weighted by Gasteiger charge is 2.44. The fraction of sp³-hybridized carbons (Fsp3) is 0.500. The maximum Gasteiger partial charge on any atom is 0.322 e. The molecule has 6 nitrogen and oxygen atoms in total. The van der Waals surface area contributed by atoms with Crippen molar-refractivity contribution in [1.29, 1.82) is 0 Å². The first-order chi connectivity index (χ1) is 15.9. The Morgan fingerprint density at radius 2 is 1.88 bits per heavy atom. The van der Waals surface area contributed by atoms with Gasteiger partial charge in [0.1, 0.15) is 5.82 Å². The molecular weight excluding hydrogens is 433 g/mol. The number of pyridine rings is 1. The number of hydrogen-bond donors (Lipinski definition) is 1. The summed E-state index contributed by atoms with van der Waals surface area (Å²) in [6.45, 7) is -0.387. The number of amides is 2. The summed E-state index contributed by atoms with van der Waals surface area (Å²) in [5, 5.41) is 2.94. The van der Waals surface area contributed by atoms with Crippen LogP contribution in [0.25, 0.3) is 11.1 Å². The average Bonchev–Trinajstić information content (AvgIpc) is 3.29. The van der Waals surface area contributed by atoms with Crippen LogP contribution < -0.4 is 10.2 Å². The molecule has 3 atom stereocenters. The molecule has 0 radical (unpaired) electrons. The second kappa shape index (κ2) is 8.52. The van der Waals surface area contributed by atoms with Gasteiger partial charge in [-0.1, -0.05) is 18.2 Å². The predicted molar refractivity (Wildman–Crippen MR) is 119 cm³/mol. The van der Waals surface area contributed by atoms with Gasteiger partial charge in [-0.05, 0) is 37.8 Å². The summed E-state index contributed by atoms with van der Waals surface area (Å²) in [5.74, 6) is -3.06. The van der Waals surface area contributed by atoms with Crippen LogP contribution in [-0.4, -0.2) is 60.2 Å². The molecule has 1 unspecified atom stereocenters. The van der Waals surface area contributed by atoms with Crippen molar-refractivity contribution < 1.29 is 22.7 Å². The molecular formula is C24H27F3N4O2. The number of urea groups is 1. The second-order valence-corrected chi connectivity index (χ2v) is 9.12. The molecule has 0 aliphatic carbocycles. The van der Waals surface area contributed by atoms with Gasteiger partial charge >= 0.3 is 6.03 Å². The standard InChI is InChI=1S/C24H27F3N4O2/c1-33-17-12-15-6-7-16(13-17)31(15)23(32)29-21-19(18-4-2-3-5-20(18)25)8-10-28-22(21)30-11-9-24(26,27)14-30/h2-5,8,10,15-17H,6-7,9,11-14H2,1H3,(H,29,32)/t15-,16+,17?. The Hall–Kier alpha value is -2.81. The smallest absolute Gasteiger partial charge is 0.322 e. The quantitative estimate of drug-likeness (QED) is 0.705. The highest BCUT2D eigenvalue weighted by atomic mass is 19.3. The lowest BCUT2D eigenvalue weighted by atomic mass is 10.00. The maximum atomic E-state index is 14.7. The van der Waals surface area contributed by atoms with Gasteiger partial charge < -0.3 is 19.9 Å². The summed E-state index contributed by atoms with van der Waals surface area (Å²) in [7, 11) is 1.69. The Kier molecular flexibility index (Phi) is 5.68. The van der Waals surface area contributed by atoms with Crippen molar-refractivity contribution in [3.63, 3.8) is 0 Å². The van der Waals surface area contributed by atoms with Crippen molar-refractivity contribution in [2.24, 2.45) is 0 Å². The van der Waals surface area contributed by atoms with Crippen LogP contribution in [0, 0.1) is 5.82 Å². The van der Waals surface area contributed by atoms with E-state index in [4.69, 9.17) is 4.74 Å². The first kappa shape index (κ1) is 22.0. The molecule has 3 aliphatic heterocycles. The molecule has 5 rings (SSSR count). The average molecular weight is 461 g/mol. The molecule has 0 spiro atoms. The highest BCUT2D eigenvalue weighted by Crippen LogP contribution is 2.41. The summed E-state index contributed by atoms with van der Waals surface area (Å²) in [6, 6.07) is 7.63. The van der Waals surface area contributed by atoms with Crippen LogP contribution in [-0.2, 0) is 4.74 Å². The fourth-order valence-corrected chi connectivity index (χ4v) is 5.46. The van der Waals surface area contributed by atoms with E-state index in [-0.39, 0.29) is 54.3 Å². The van der Waals surface area contributed by atoms with Crippen molar-refractivity contribution in [3.05, 3.63) is 42.3 Å². The number of carbonyl (C=O) groups excluding carboxylic acids is 1. The third-order valence-corrected chi connectivity index (χ3v) is 7.05. The van der Waals surface area contributed by atoms with Crippen LogP contribution in [0.3, 0.4) is 0 Å². The second-order valence-electron chi connectivity index (χ2n) is 9.12. The minimum atomic E-state index is -2.84. The maximum absolute atomic E-state index is 14.7. The zero-order chi connectivity index (χ0) is 23.2. The molecule has 176 valence electrons. The minimum absolute atomic E-state index is 0.0573. The highest BCUT2D eigenvalue weighted by molar-refractivity contribution is 5.99. The van der Waals surface area contributed by atoms with E-state index in [1.54, 1.807) is 31.4 Å². The molecule has 1 aromatic heterocycles. The van der Waals surface area contributed by atoms with E-state index in [1.807, 2.05) is 4.90 Å². The van der Waals surface area contributed by atoms with Gasteiger partial charge in [0, 0.05) is 49.5 Å². The fourth-order valence-electron chi connectivity index (χ4n) is 5.46. The number of rotatable bonds is 4. The number of halogens is 3. The van der Waals surface area contributed by atoms with E-state index >= 15 is 0 Å². The number of nitrogens with one attached hydrogen (secondary N) is 1. The van der Waals surface area contributed by atoms with Crippen molar-refractivity contribution in [1.82, 2.24) is 9.88 Å². The van der Waals surface area contributed by atoms with Crippen molar-refractivity contribution in [3.8, 4) is 11.1 Å². The number of nitrogens with zero attached hydrogens (tertiary/aromatic N) is 3. The first-order valence-electron chi connectivity index (χ1n) is 11.3. The molecule has 3 fully saturated rings. The molecule has 2 aromatic rings. The summed E-state index contributed by atoms with van der Waals surface area (Å²) < 4.78 is 48.2. The molecule has 4 heterocycles. The lowest BCUT2D eigenvalue weighted by Crippen LogP contribution is -2.50. The van der Waals surface area contributed by atoms with E-state index in [2.05, 4.69) is 10.3 Å². The van der Waals surface area contributed by atoms with Crippen molar-refractivity contribution in [2.75, 3.05) is 30.4 Å². The van der Waals surface area contributed by atoms with E-state index in [0.29, 0.717) is 5.56 Å². The Morgan fingerprint density at radius 3 is 2.52 bits per heavy atom. The van der Waals surface area contributed by atoms with Crippen LogP contribution in [0.2, 0.25) is 0 Å². The van der Waals surface area contributed by atoms with Gasteiger partial charge in [0.15, 0.2) is 5.82 Å². The number of hydrogen-bond acceptors (Lipinski definition) is 4. The summed E-state index contributed by atoms with van der Waals surface area (Å²) in [6.07, 6.45) is 4.63. The van der Waals surface area contributed by atoms with Gasteiger partial charge in [-0.2, -0.15) is 0 Å². The monoisotopic (exact) mass is 460 g/mol. The van der Waals surface area contributed by atoms with Crippen LogP contribution in [0.15, 0.2) is 36.5 Å². The number of carbonyl (C=O) groups is 1. The SMILES string of the molecule is COC1C[C@H]2CC[C@@H](C1)N2C(=O)Nc1c(-c2ccccc2F)ccnc1N1CCC(F)(F)C1. The van der Waals surface area contributed by atoms with Gasteiger partial charge in [-0.25, -0.2) is 22.9 Å². The number of alkyl halides is 2. The normalized spacial score (nSPS) is 26.0. The van der Waals surface area contributed by atoms with Gasteiger partial charge in [0.05, 0.1) is 18.3 Å². The van der Waals surface area contributed by atoms with E-state index in [9.17, 15) is 18.0 Å². The third-order valence-electron chi connectivity index (χ3n) is 7.05. The number of benzene rings is 1. The Labute approximate surface area is 190 Å². The van der Waals surface area contributed by atoms with Gasteiger partial charge in [0.2, 0.25) is 0 Å². The molecule has 33 heavy (non-hydrogen) atoms. The van der Waals surface area contributed by atoms with Crippen molar-refractivity contribution >= 4 is 17.5 Å². The zero-order valence-corrected chi connectivity index (χ0v) is 18.4. The number of fused-ring (bicyclic) bond motifs is 2. The number of aromatic nitrogens is 1. The van der Waals surface area contributed by atoms with Gasteiger partial charge in [-0.3, -0.25) is 0 Å². The van der Waals surface area contributed by atoms with E-state index < -0.39 is 18.3 Å². The number of ether oxygens (including phenoxy) is 1. The molecule has 3 aliphatic rings. The van der Waals surface area contributed by atoms with Crippen LogP contribution in [0.5, 0.6) is 0 Å². The number of piperidine rings is 1. The van der Waals surface area contributed by atoms with Crippen LogP contribution in [0.4, 0.5) is 29.5 Å². The molecule has 1 N–H and O–H groups in total. The van der Waals surface area contributed by atoms with Gasteiger partial charge in [0.25, 0.3) is 5.92 Å². The molecule has 2 amide bonds. The minimum Gasteiger partial charge on any atom is -0.381 e. The Balaban J connectivity index is 1.51. The zero-order valence-electron chi connectivity index (χ0n) is 18.4. The molecule has 0 saturated carbocycles. The van der Waals surface area contributed by atoms with Crippen LogP contribution in [0.1, 0.15) is 32.1 Å². The number of anilines is 2. The first-order valence-corrected chi connectivity index (χ1v) is 11.3. The molecule has 3 saturated heterocycles. The van der Waals surface area contributed by atoms with Crippen LogP contribution >= 0.6 is 0 Å². The lowest BCUT2D eigenvalue weighted by molar-refractivity contribution is 0.0231. The summed E-state index contributed by atoms with van der Waals surface area (Å²) in [5.41, 5.74) is 0.961. The summed E-state index contributed by atoms with van der Waals surface area (Å²) >= 11 is 0. The Morgan fingerprint density at radius 1 is 1.15 bits per heavy atom. The molecule has 1 aromatic carbocycles. The summed E-state index contributed by atoms with van der Waals surface area (Å²) in [4.78, 5) is 21.1. The topological polar surface area (TPSA) is 57.7 Å². The van der Waals surface area contributed by atoms with E-state index in [1.165, 1.54) is 17.2 Å². The Bertz CT molecular complexity index is 1040. The predicted octanol–water partition coefficient (Wildman–Crippen LogP) is 4.91. The third kappa shape index (κ3) is 4.14. The largest absolute Gasteiger partial charge is 0.381 e. The molecule has 9 heteroatoms. The van der Waals surface area contributed by atoms with Gasteiger partial charge in [-0.15, -0.1) is 0 Å². The van der Waals surface area contributed by atoms with Crippen molar-refractivity contribution in [2.45, 2.75) is 56.2 Å². The number of methoxy groups -OCH3 is 1.